The number of pyridine rings is 1. The van der Waals surface area contributed by atoms with Crippen LogP contribution < -0.4 is 0 Å². The summed E-state index contributed by atoms with van der Waals surface area (Å²) < 4.78 is 0. The first-order valence-electron chi connectivity index (χ1n) is 6.90. The smallest absolute Gasteiger partial charge is 0.269 e. The lowest BCUT2D eigenvalue weighted by Crippen LogP contribution is -2.03. The van der Waals surface area contributed by atoms with Gasteiger partial charge in [-0.3, -0.25) is 15.1 Å². The molecule has 1 N–H and O–H groups in total. The number of aliphatic hydroxyl groups excluding tert-OH is 1. The second-order valence-electron chi connectivity index (χ2n) is 5.06. The van der Waals surface area contributed by atoms with Crippen LogP contribution in [0.25, 0.3) is 10.9 Å². The summed E-state index contributed by atoms with van der Waals surface area (Å²) in [7, 11) is 0. The Bertz CT molecular complexity index is 810. The minimum absolute atomic E-state index is 0.0188. The number of benzene rings is 2. The van der Waals surface area contributed by atoms with E-state index in [1.165, 1.54) is 12.1 Å². The number of hydrogen-bond donors (Lipinski definition) is 1. The summed E-state index contributed by atoms with van der Waals surface area (Å²) in [5.41, 5.74) is 2.56. The van der Waals surface area contributed by atoms with E-state index in [0.717, 1.165) is 16.5 Å². The number of para-hydroxylation sites is 1. The number of nitro groups is 1. The van der Waals surface area contributed by atoms with Crippen molar-refractivity contribution in [1.82, 2.24) is 4.98 Å². The van der Waals surface area contributed by atoms with E-state index in [1.54, 1.807) is 18.3 Å². The fraction of sp³-hybridized carbons (Fsp3) is 0.118. The van der Waals surface area contributed by atoms with E-state index < -0.39 is 11.0 Å². The van der Waals surface area contributed by atoms with E-state index in [9.17, 15) is 15.2 Å². The monoisotopic (exact) mass is 294 g/mol. The van der Waals surface area contributed by atoms with Gasteiger partial charge in [0, 0.05) is 30.1 Å². The van der Waals surface area contributed by atoms with E-state index in [0.29, 0.717) is 12.0 Å². The molecule has 0 aliphatic heterocycles. The lowest BCUT2D eigenvalue weighted by atomic mass is 9.99. The van der Waals surface area contributed by atoms with Crippen LogP contribution in [0, 0.1) is 10.1 Å². The molecule has 0 aliphatic carbocycles. The van der Waals surface area contributed by atoms with Crippen LogP contribution in [0.5, 0.6) is 0 Å². The highest BCUT2D eigenvalue weighted by Crippen LogP contribution is 2.24. The van der Waals surface area contributed by atoms with Gasteiger partial charge in [0.2, 0.25) is 0 Å². The molecule has 0 spiro atoms. The average Bonchev–Trinajstić information content (AvgIpc) is 2.55. The van der Waals surface area contributed by atoms with Gasteiger partial charge in [0.1, 0.15) is 0 Å². The maximum Gasteiger partial charge on any atom is 0.269 e. The van der Waals surface area contributed by atoms with E-state index >= 15 is 0 Å². The lowest BCUT2D eigenvalue weighted by Gasteiger charge is -2.12. The summed E-state index contributed by atoms with van der Waals surface area (Å²) in [4.78, 5) is 14.5. The van der Waals surface area contributed by atoms with Gasteiger partial charge >= 0.3 is 0 Å². The van der Waals surface area contributed by atoms with Crippen molar-refractivity contribution in [2.45, 2.75) is 12.5 Å². The topological polar surface area (TPSA) is 76.3 Å². The van der Waals surface area contributed by atoms with Crippen molar-refractivity contribution in [2.24, 2.45) is 0 Å². The molecule has 5 nitrogen and oxygen atoms in total. The van der Waals surface area contributed by atoms with E-state index in [-0.39, 0.29) is 5.69 Å². The molecule has 0 saturated carbocycles. The van der Waals surface area contributed by atoms with Gasteiger partial charge in [-0.15, -0.1) is 0 Å². The molecule has 1 aromatic heterocycles. The minimum atomic E-state index is -0.716. The second kappa shape index (κ2) is 5.91. The molecule has 0 radical (unpaired) electrons. The van der Waals surface area contributed by atoms with Gasteiger partial charge in [-0.05, 0) is 35.4 Å². The van der Waals surface area contributed by atoms with Gasteiger partial charge in [0.25, 0.3) is 5.69 Å². The molecule has 3 rings (SSSR count). The van der Waals surface area contributed by atoms with Crippen molar-refractivity contribution >= 4 is 16.6 Å². The molecular weight excluding hydrogens is 280 g/mol. The molecule has 0 unspecified atom stereocenters. The maximum absolute atomic E-state index is 10.7. The van der Waals surface area contributed by atoms with Crippen molar-refractivity contribution in [1.29, 1.82) is 0 Å². The van der Waals surface area contributed by atoms with Crippen LogP contribution in [0.3, 0.4) is 0 Å². The van der Waals surface area contributed by atoms with Gasteiger partial charge < -0.3 is 5.11 Å². The Morgan fingerprint density at radius 2 is 1.82 bits per heavy atom. The van der Waals surface area contributed by atoms with Gasteiger partial charge in [-0.25, -0.2) is 0 Å². The summed E-state index contributed by atoms with van der Waals surface area (Å²) in [6.07, 6.45) is 1.44. The summed E-state index contributed by atoms with van der Waals surface area (Å²) in [6.45, 7) is 0. The standard InChI is InChI=1S/C17H14N2O3/c20-17(12-5-7-14(8-6-12)19(21)22)11-13-9-10-18-16-4-2-1-3-15(13)16/h1-10,17,20H,11H2/t17-/m1/s1. The molecule has 22 heavy (non-hydrogen) atoms. The van der Waals surface area contributed by atoms with Gasteiger partial charge in [0.05, 0.1) is 16.5 Å². The number of fused-ring (bicyclic) bond motifs is 1. The average molecular weight is 294 g/mol. The van der Waals surface area contributed by atoms with E-state index in [1.807, 2.05) is 30.3 Å². The highest BCUT2D eigenvalue weighted by molar-refractivity contribution is 5.81. The number of aliphatic hydroxyl groups is 1. The molecule has 0 saturated heterocycles. The van der Waals surface area contributed by atoms with Crippen LogP contribution >= 0.6 is 0 Å². The van der Waals surface area contributed by atoms with Crippen molar-refractivity contribution < 1.29 is 10.0 Å². The Labute approximate surface area is 127 Å². The molecule has 2 aromatic carbocycles. The van der Waals surface area contributed by atoms with Crippen LogP contribution in [0.15, 0.2) is 60.8 Å². The Morgan fingerprint density at radius 1 is 1.09 bits per heavy atom. The molecule has 0 fully saturated rings. The first-order chi connectivity index (χ1) is 10.6. The lowest BCUT2D eigenvalue weighted by molar-refractivity contribution is -0.384. The summed E-state index contributed by atoms with van der Waals surface area (Å²) >= 11 is 0. The highest BCUT2D eigenvalue weighted by Gasteiger charge is 2.13. The van der Waals surface area contributed by atoms with Gasteiger partial charge in [-0.2, -0.15) is 0 Å². The molecule has 1 atom stereocenters. The number of non-ortho nitro benzene ring substituents is 1. The Morgan fingerprint density at radius 3 is 2.55 bits per heavy atom. The predicted molar refractivity (Wildman–Crippen MR) is 83.5 cm³/mol. The maximum atomic E-state index is 10.7. The Balaban J connectivity index is 1.86. The van der Waals surface area contributed by atoms with E-state index in [2.05, 4.69) is 4.98 Å². The highest BCUT2D eigenvalue weighted by atomic mass is 16.6. The predicted octanol–water partition coefficient (Wildman–Crippen LogP) is 3.42. The third kappa shape index (κ3) is 2.80. The second-order valence-corrected chi connectivity index (χ2v) is 5.06. The fourth-order valence-electron chi connectivity index (χ4n) is 2.48. The fourth-order valence-corrected chi connectivity index (χ4v) is 2.48. The molecule has 0 bridgehead atoms. The van der Waals surface area contributed by atoms with Crippen molar-refractivity contribution in [3.8, 4) is 0 Å². The molecule has 0 amide bonds. The minimum Gasteiger partial charge on any atom is -0.388 e. The zero-order valence-electron chi connectivity index (χ0n) is 11.7. The molecule has 110 valence electrons. The van der Waals surface area contributed by atoms with Crippen molar-refractivity contribution in [3.63, 3.8) is 0 Å². The zero-order valence-corrected chi connectivity index (χ0v) is 11.7. The SMILES string of the molecule is O=[N+]([O-])c1ccc([C@H](O)Cc2ccnc3ccccc23)cc1. The summed E-state index contributed by atoms with van der Waals surface area (Å²) in [5, 5.41) is 22.0. The third-order valence-electron chi connectivity index (χ3n) is 3.64. The van der Waals surface area contributed by atoms with Crippen LogP contribution in [0.2, 0.25) is 0 Å². The van der Waals surface area contributed by atoms with Crippen LogP contribution in [0.1, 0.15) is 17.2 Å². The van der Waals surface area contributed by atoms with Gasteiger partial charge in [0.15, 0.2) is 0 Å². The largest absolute Gasteiger partial charge is 0.388 e. The van der Waals surface area contributed by atoms with Crippen LogP contribution in [-0.2, 0) is 6.42 Å². The van der Waals surface area contributed by atoms with Crippen molar-refractivity contribution in [3.05, 3.63) is 82.0 Å². The Hall–Kier alpha value is -2.79. The molecule has 1 heterocycles. The van der Waals surface area contributed by atoms with E-state index in [4.69, 9.17) is 0 Å². The molecule has 3 aromatic rings. The molecule has 5 heteroatoms. The number of nitro benzene ring substituents is 1. The van der Waals surface area contributed by atoms with Crippen molar-refractivity contribution in [2.75, 3.05) is 0 Å². The quantitative estimate of drug-likeness (QED) is 0.591. The van der Waals surface area contributed by atoms with Crippen LogP contribution in [-0.4, -0.2) is 15.0 Å². The Kier molecular flexibility index (Phi) is 3.80. The number of rotatable bonds is 4. The summed E-state index contributed by atoms with van der Waals surface area (Å²) in [6, 6.07) is 15.6. The van der Waals surface area contributed by atoms with Crippen LogP contribution in [0.4, 0.5) is 5.69 Å². The number of aromatic nitrogens is 1. The third-order valence-corrected chi connectivity index (χ3v) is 3.64. The van der Waals surface area contributed by atoms with Gasteiger partial charge in [-0.1, -0.05) is 18.2 Å². The zero-order chi connectivity index (χ0) is 15.5. The number of hydrogen-bond acceptors (Lipinski definition) is 4. The first-order valence-corrected chi connectivity index (χ1v) is 6.90. The molecule has 0 aliphatic rings. The molecular formula is C17H14N2O3. The number of nitrogens with zero attached hydrogens (tertiary/aromatic N) is 2. The summed E-state index contributed by atoms with van der Waals surface area (Å²) in [5.74, 6) is 0. The normalized spacial score (nSPS) is 12.2. The first kappa shape index (κ1) is 14.2.